The van der Waals surface area contributed by atoms with E-state index in [0.717, 1.165) is 36.7 Å². The van der Waals surface area contributed by atoms with Gasteiger partial charge >= 0.3 is 6.18 Å². The lowest BCUT2D eigenvalue weighted by Crippen LogP contribution is -2.69. The summed E-state index contributed by atoms with van der Waals surface area (Å²) in [6.07, 6.45) is -2.36. The Morgan fingerprint density at radius 1 is 1.22 bits per heavy atom. The fourth-order valence-electron chi connectivity index (χ4n) is 5.70. The number of aliphatic hydroxyl groups is 1. The summed E-state index contributed by atoms with van der Waals surface area (Å²) in [4.78, 5) is 17.9. The number of fused-ring (bicyclic) bond motifs is 3. The number of nitrogens with one attached hydrogen (secondary N) is 1. The third-order valence-electron chi connectivity index (χ3n) is 7.73. The van der Waals surface area contributed by atoms with E-state index in [1.807, 2.05) is 19.1 Å². The van der Waals surface area contributed by atoms with Crippen molar-refractivity contribution in [2.45, 2.75) is 49.5 Å². The summed E-state index contributed by atoms with van der Waals surface area (Å²) in [7, 11) is -3.68. The minimum Gasteiger partial charge on any atom is -0.395 e. The maximum absolute atomic E-state index is 14.0. The van der Waals surface area contributed by atoms with E-state index in [1.165, 1.54) is 6.07 Å². The molecule has 220 valence electrons. The topological polar surface area (TPSA) is 121 Å². The molecule has 41 heavy (non-hydrogen) atoms. The van der Waals surface area contributed by atoms with Crippen LogP contribution in [0, 0.1) is 0 Å². The van der Waals surface area contributed by atoms with E-state index in [1.54, 1.807) is 0 Å². The molecule has 0 amide bonds. The number of piperidine rings is 1. The molecule has 0 aliphatic carbocycles. The molecule has 10 nitrogen and oxygen atoms in total. The number of rotatable bonds is 7. The fraction of sp³-hybridized carbons (Fsp3) is 0.500. The predicted octanol–water partition coefficient (Wildman–Crippen LogP) is 3.48. The van der Waals surface area contributed by atoms with Gasteiger partial charge in [-0.3, -0.25) is 4.90 Å². The first-order valence-corrected chi connectivity index (χ1v) is 15.8. The number of halogens is 3. The van der Waals surface area contributed by atoms with Crippen LogP contribution in [0.5, 0.6) is 0 Å². The zero-order valence-corrected chi connectivity index (χ0v) is 23.8. The minimum absolute atomic E-state index is 0.00657. The van der Waals surface area contributed by atoms with Crippen LogP contribution in [0.15, 0.2) is 29.3 Å². The Morgan fingerprint density at radius 3 is 2.71 bits per heavy atom. The smallest absolute Gasteiger partial charge is 0.395 e. The van der Waals surface area contributed by atoms with Crippen molar-refractivity contribution in [2.24, 2.45) is 0 Å². The number of pyridine rings is 1. The average molecular weight is 611 g/mol. The third-order valence-corrected chi connectivity index (χ3v) is 10.7. The molecule has 2 unspecified atom stereocenters. The van der Waals surface area contributed by atoms with Gasteiger partial charge in [-0.15, -0.1) is 11.3 Å². The van der Waals surface area contributed by atoms with Gasteiger partial charge in [-0.25, -0.2) is 23.4 Å². The summed E-state index contributed by atoms with van der Waals surface area (Å²) >= 11 is 0.924. The Bertz CT molecular complexity index is 1550. The zero-order valence-electron chi connectivity index (χ0n) is 22.2. The monoisotopic (exact) mass is 610 g/mol. The number of aryl methyl sites for hydroxylation is 1. The van der Waals surface area contributed by atoms with Crippen LogP contribution in [0.3, 0.4) is 0 Å². The summed E-state index contributed by atoms with van der Waals surface area (Å²) in [5.41, 5.74) is -0.166. The van der Waals surface area contributed by atoms with E-state index in [4.69, 9.17) is 9.72 Å². The van der Waals surface area contributed by atoms with E-state index in [-0.39, 0.29) is 41.3 Å². The van der Waals surface area contributed by atoms with Crippen LogP contribution in [0.4, 0.5) is 30.6 Å². The van der Waals surface area contributed by atoms with E-state index < -0.39 is 27.3 Å². The molecule has 3 aromatic heterocycles. The van der Waals surface area contributed by atoms with Gasteiger partial charge in [-0.1, -0.05) is 6.92 Å². The summed E-state index contributed by atoms with van der Waals surface area (Å²) in [6.45, 7) is 4.42. The SMILES string of the molecule is CCc1nc(N2CC3CC(C2)N3CCO)ccc1Nc1ncc(C(F)(F)F)c(-c2cc3c(s2)COCCS3(=O)=O)n1. The highest BCUT2D eigenvalue weighted by Crippen LogP contribution is 2.42. The van der Waals surface area contributed by atoms with Crippen molar-refractivity contribution >= 4 is 38.6 Å². The lowest BCUT2D eigenvalue weighted by atomic mass is 9.87. The van der Waals surface area contributed by atoms with Crippen LogP contribution in [0.25, 0.3) is 10.6 Å². The van der Waals surface area contributed by atoms with Gasteiger partial charge in [0.25, 0.3) is 0 Å². The molecule has 7 heterocycles. The van der Waals surface area contributed by atoms with Crippen molar-refractivity contribution in [3.05, 3.63) is 40.5 Å². The maximum atomic E-state index is 14.0. The first-order valence-electron chi connectivity index (χ1n) is 13.3. The standard InChI is InChI=1S/C26H29F3N6O4S2/c1-2-18-19(3-4-23(31-18)34-12-15-9-16(13-34)35(15)5-6-36)32-25-30-11-17(26(27,28)29)24(33-25)20-10-22-21(40-20)14-39-7-8-41(22,37)38/h3-4,10-11,15-16,36H,2,5-9,12-14H2,1H3,(H,30,32,33). The molecule has 0 aromatic carbocycles. The van der Waals surface area contributed by atoms with Crippen molar-refractivity contribution in [1.82, 2.24) is 19.9 Å². The van der Waals surface area contributed by atoms with Crippen LogP contribution in [-0.4, -0.2) is 84.1 Å². The van der Waals surface area contributed by atoms with E-state index in [9.17, 15) is 26.7 Å². The quantitative estimate of drug-likeness (QED) is 0.411. The molecule has 0 radical (unpaired) electrons. The highest BCUT2D eigenvalue weighted by molar-refractivity contribution is 7.91. The Morgan fingerprint density at radius 2 is 2.00 bits per heavy atom. The van der Waals surface area contributed by atoms with Crippen LogP contribution in [0.1, 0.15) is 29.5 Å². The lowest BCUT2D eigenvalue weighted by molar-refractivity contribution is -0.137. The summed E-state index contributed by atoms with van der Waals surface area (Å²) in [6, 6.07) is 5.72. The van der Waals surface area contributed by atoms with E-state index in [0.29, 0.717) is 47.5 Å². The van der Waals surface area contributed by atoms with Gasteiger partial charge in [0, 0.05) is 42.8 Å². The van der Waals surface area contributed by atoms with E-state index >= 15 is 0 Å². The summed E-state index contributed by atoms with van der Waals surface area (Å²) < 4.78 is 72.5. The highest BCUT2D eigenvalue weighted by Gasteiger charge is 2.44. The van der Waals surface area contributed by atoms with Crippen LogP contribution in [-0.2, 0) is 33.8 Å². The molecule has 3 fully saturated rings. The molecular weight excluding hydrogens is 581 g/mol. The first kappa shape index (κ1) is 28.3. The second-order valence-electron chi connectivity index (χ2n) is 10.3. The van der Waals surface area contributed by atoms with Crippen LogP contribution >= 0.6 is 11.3 Å². The molecule has 2 N–H and O–H groups in total. The van der Waals surface area contributed by atoms with Crippen molar-refractivity contribution in [3.8, 4) is 10.6 Å². The Hall–Kier alpha value is -2.85. The number of hydrogen-bond donors (Lipinski definition) is 2. The highest BCUT2D eigenvalue weighted by atomic mass is 32.2. The normalized spacial score (nSPS) is 22.1. The second-order valence-corrected chi connectivity index (χ2v) is 13.5. The minimum atomic E-state index is -4.75. The molecular formula is C26H29F3N6O4S2. The van der Waals surface area contributed by atoms with Crippen molar-refractivity contribution < 1.29 is 31.4 Å². The summed E-state index contributed by atoms with van der Waals surface area (Å²) in [5, 5.41) is 12.3. The second kappa shape index (κ2) is 10.8. The summed E-state index contributed by atoms with van der Waals surface area (Å²) in [5.74, 6) is 0.531. The third kappa shape index (κ3) is 5.41. The van der Waals surface area contributed by atoms with Crippen molar-refractivity contribution in [3.63, 3.8) is 0 Å². The van der Waals surface area contributed by atoms with Crippen LogP contribution < -0.4 is 10.2 Å². The van der Waals surface area contributed by atoms with Gasteiger partial charge in [0.1, 0.15) is 11.4 Å². The molecule has 2 atom stereocenters. The maximum Gasteiger partial charge on any atom is 0.420 e. The Labute approximate surface area is 239 Å². The molecule has 3 saturated heterocycles. The zero-order chi connectivity index (χ0) is 28.9. The van der Waals surface area contributed by atoms with Gasteiger partial charge in [-0.05, 0) is 31.0 Å². The van der Waals surface area contributed by atoms with Gasteiger partial charge < -0.3 is 20.1 Å². The fourth-order valence-corrected chi connectivity index (χ4v) is 8.54. The molecule has 3 aromatic rings. The number of hydrogen-bond acceptors (Lipinski definition) is 11. The number of anilines is 3. The van der Waals surface area contributed by atoms with Gasteiger partial charge in [0.15, 0.2) is 9.84 Å². The molecule has 4 aliphatic heterocycles. The number of alkyl halides is 3. The number of ether oxygens (including phenoxy) is 1. The van der Waals surface area contributed by atoms with E-state index in [2.05, 4.69) is 25.1 Å². The van der Waals surface area contributed by atoms with Gasteiger partial charge in [0.2, 0.25) is 5.95 Å². The first-order chi connectivity index (χ1) is 19.6. The van der Waals surface area contributed by atoms with Crippen LogP contribution in [0.2, 0.25) is 0 Å². The molecule has 2 bridgehead atoms. The molecule has 15 heteroatoms. The average Bonchev–Trinajstić information content (AvgIpc) is 3.33. The molecule has 0 spiro atoms. The number of thiophene rings is 1. The molecule has 7 rings (SSSR count). The number of aliphatic hydroxyl groups excluding tert-OH is 1. The molecule has 4 aliphatic rings. The Balaban J connectivity index is 1.29. The number of piperazine rings is 1. The number of nitrogens with zero attached hydrogens (tertiary/aromatic N) is 5. The Kier molecular flexibility index (Phi) is 7.43. The lowest BCUT2D eigenvalue weighted by Gasteiger charge is -2.56. The van der Waals surface area contributed by atoms with Crippen molar-refractivity contribution in [1.29, 1.82) is 0 Å². The molecule has 0 saturated carbocycles. The van der Waals surface area contributed by atoms with Gasteiger partial charge in [0.05, 0.1) is 52.4 Å². The number of aromatic nitrogens is 3. The number of sulfone groups is 1. The van der Waals surface area contributed by atoms with Crippen molar-refractivity contribution in [2.75, 3.05) is 48.8 Å². The van der Waals surface area contributed by atoms with Gasteiger partial charge in [-0.2, -0.15) is 13.2 Å². The predicted molar refractivity (Wildman–Crippen MR) is 147 cm³/mol. The largest absolute Gasteiger partial charge is 0.420 e.